The summed E-state index contributed by atoms with van der Waals surface area (Å²) in [6, 6.07) is 6.78. The number of nitrogens with zero attached hydrogens (tertiary/aromatic N) is 2. The first kappa shape index (κ1) is 18.6. The zero-order valence-corrected chi connectivity index (χ0v) is 16.9. The largest absolute Gasteiger partial charge is 0.494 e. The van der Waals surface area contributed by atoms with Crippen LogP contribution in [-0.4, -0.2) is 68.7 Å². The van der Waals surface area contributed by atoms with Crippen LogP contribution in [0.3, 0.4) is 0 Å². The molecule has 142 valence electrons. The molecule has 3 heterocycles. The molecule has 3 fully saturated rings. The lowest BCUT2D eigenvalue weighted by Crippen LogP contribution is -2.56. The van der Waals surface area contributed by atoms with Crippen LogP contribution in [0, 0.1) is 0 Å². The molecule has 3 aliphatic rings. The summed E-state index contributed by atoms with van der Waals surface area (Å²) in [5.41, 5.74) is 1.38. The molecule has 0 atom stereocenters. The quantitative estimate of drug-likeness (QED) is 0.753. The number of piperazine rings is 1. The molecule has 3 saturated heterocycles. The van der Waals surface area contributed by atoms with Gasteiger partial charge in [-0.15, -0.1) is 0 Å². The molecule has 5 nitrogen and oxygen atoms in total. The zero-order chi connectivity index (χ0) is 18.5. The molecule has 3 aliphatic heterocycles. The van der Waals surface area contributed by atoms with Crippen LogP contribution < -0.4 is 10.4 Å². The number of anilines is 1. The number of rotatable bonds is 3. The van der Waals surface area contributed by atoms with Crippen molar-refractivity contribution in [1.82, 2.24) is 4.90 Å². The van der Waals surface area contributed by atoms with Crippen LogP contribution in [0.5, 0.6) is 0 Å². The second kappa shape index (κ2) is 6.68. The zero-order valence-electron chi connectivity index (χ0n) is 16.1. The Morgan fingerprint density at radius 2 is 1.62 bits per heavy atom. The Morgan fingerprint density at radius 3 is 2.12 bits per heavy atom. The van der Waals surface area contributed by atoms with E-state index in [0.717, 1.165) is 55.6 Å². The monoisotopic (exact) mass is 378 g/mol. The van der Waals surface area contributed by atoms with E-state index in [4.69, 9.17) is 25.6 Å². The summed E-state index contributed by atoms with van der Waals surface area (Å²) in [5, 5.41) is 0.762. The summed E-state index contributed by atoms with van der Waals surface area (Å²) in [6.07, 6.45) is 0. The normalized spacial score (nSPS) is 26.2. The van der Waals surface area contributed by atoms with Crippen molar-refractivity contribution in [3.63, 3.8) is 0 Å². The van der Waals surface area contributed by atoms with Crippen LogP contribution in [0.1, 0.15) is 27.7 Å². The van der Waals surface area contributed by atoms with Crippen molar-refractivity contribution in [1.29, 1.82) is 0 Å². The molecule has 0 radical (unpaired) electrons. The molecule has 0 bridgehead atoms. The third-order valence-electron chi connectivity index (χ3n) is 6.29. The molecule has 1 aromatic carbocycles. The van der Waals surface area contributed by atoms with Gasteiger partial charge in [-0.1, -0.05) is 17.7 Å². The van der Waals surface area contributed by atoms with E-state index in [2.05, 4.69) is 49.6 Å². The molecule has 26 heavy (non-hydrogen) atoms. The third kappa shape index (κ3) is 3.27. The molecule has 1 aromatic rings. The summed E-state index contributed by atoms with van der Waals surface area (Å²) >= 11 is 6.63. The van der Waals surface area contributed by atoms with Crippen molar-refractivity contribution >= 4 is 29.9 Å². The van der Waals surface area contributed by atoms with E-state index in [0.29, 0.717) is 6.04 Å². The molecule has 0 N–H and O–H groups in total. The summed E-state index contributed by atoms with van der Waals surface area (Å²) in [6.45, 7) is 14.1. The predicted molar refractivity (Wildman–Crippen MR) is 106 cm³/mol. The average Bonchev–Trinajstić information content (AvgIpc) is 2.75. The second-order valence-electron chi connectivity index (χ2n) is 8.51. The van der Waals surface area contributed by atoms with Gasteiger partial charge in [-0.25, -0.2) is 0 Å². The first-order chi connectivity index (χ1) is 12.3. The highest BCUT2D eigenvalue weighted by Crippen LogP contribution is 2.37. The first-order valence-electron chi connectivity index (χ1n) is 9.49. The maximum atomic E-state index is 6.63. The number of benzene rings is 1. The van der Waals surface area contributed by atoms with E-state index >= 15 is 0 Å². The Hall–Kier alpha value is -0.785. The molecular weight excluding hydrogens is 350 g/mol. The van der Waals surface area contributed by atoms with E-state index in [9.17, 15) is 0 Å². The Kier molecular flexibility index (Phi) is 4.77. The van der Waals surface area contributed by atoms with Crippen LogP contribution in [0.4, 0.5) is 5.69 Å². The molecule has 0 spiro atoms. The first-order valence-corrected chi connectivity index (χ1v) is 9.86. The average molecular weight is 379 g/mol. The molecule has 4 rings (SSSR count). The highest BCUT2D eigenvalue weighted by molar-refractivity contribution is 6.62. The van der Waals surface area contributed by atoms with Gasteiger partial charge >= 0.3 is 7.12 Å². The van der Waals surface area contributed by atoms with Gasteiger partial charge < -0.3 is 18.9 Å². The Morgan fingerprint density at radius 1 is 1.00 bits per heavy atom. The van der Waals surface area contributed by atoms with Gasteiger partial charge in [0.15, 0.2) is 0 Å². The third-order valence-corrected chi connectivity index (χ3v) is 6.59. The molecular formula is C19H28BClN2O3. The minimum absolute atomic E-state index is 0.343. The van der Waals surface area contributed by atoms with Crippen LogP contribution in [0.25, 0.3) is 0 Å². The summed E-state index contributed by atoms with van der Waals surface area (Å²) in [4.78, 5) is 4.89. The van der Waals surface area contributed by atoms with E-state index < -0.39 is 0 Å². The lowest BCUT2D eigenvalue weighted by Gasteiger charge is -2.43. The summed E-state index contributed by atoms with van der Waals surface area (Å²) < 4.78 is 17.6. The van der Waals surface area contributed by atoms with Gasteiger partial charge in [0.05, 0.1) is 41.2 Å². The predicted octanol–water partition coefficient (Wildman–Crippen LogP) is 2.16. The number of hydrogen-bond donors (Lipinski definition) is 0. The van der Waals surface area contributed by atoms with Gasteiger partial charge in [-0.05, 0) is 45.3 Å². The summed E-state index contributed by atoms with van der Waals surface area (Å²) in [7, 11) is -0.373. The van der Waals surface area contributed by atoms with Crippen molar-refractivity contribution in [2.45, 2.75) is 44.9 Å². The maximum Gasteiger partial charge on any atom is 0.494 e. The van der Waals surface area contributed by atoms with Gasteiger partial charge in [0.25, 0.3) is 0 Å². The van der Waals surface area contributed by atoms with Crippen molar-refractivity contribution < 1.29 is 14.0 Å². The van der Waals surface area contributed by atoms with Crippen molar-refractivity contribution in [3.8, 4) is 0 Å². The van der Waals surface area contributed by atoms with Gasteiger partial charge in [0, 0.05) is 26.2 Å². The molecule has 0 saturated carbocycles. The Balaban J connectivity index is 1.44. The van der Waals surface area contributed by atoms with E-state index in [1.165, 1.54) is 0 Å². The minimum atomic E-state index is -0.373. The highest BCUT2D eigenvalue weighted by atomic mass is 35.5. The van der Waals surface area contributed by atoms with Gasteiger partial charge in [0.2, 0.25) is 0 Å². The fraction of sp³-hybridized carbons (Fsp3) is 0.684. The number of ether oxygens (including phenoxy) is 1. The highest BCUT2D eigenvalue weighted by Gasteiger charge is 2.51. The maximum absolute atomic E-state index is 6.63. The lowest BCUT2D eigenvalue weighted by atomic mass is 9.79. The topological polar surface area (TPSA) is 34.2 Å². The molecule has 0 unspecified atom stereocenters. The van der Waals surface area contributed by atoms with Crippen molar-refractivity contribution in [2.75, 3.05) is 44.3 Å². The van der Waals surface area contributed by atoms with Crippen LogP contribution in [-0.2, 0) is 14.0 Å². The Bertz CT molecular complexity index is 657. The molecule has 0 amide bonds. The van der Waals surface area contributed by atoms with Crippen LogP contribution >= 0.6 is 11.6 Å². The smallest absolute Gasteiger partial charge is 0.399 e. The van der Waals surface area contributed by atoms with Gasteiger partial charge in [0.1, 0.15) is 0 Å². The van der Waals surface area contributed by atoms with E-state index in [1.54, 1.807) is 0 Å². The van der Waals surface area contributed by atoms with E-state index in [-0.39, 0.29) is 18.3 Å². The molecule has 0 aliphatic carbocycles. The van der Waals surface area contributed by atoms with Crippen LogP contribution in [0.15, 0.2) is 18.2 Å². The van der Waals surface area contributed by atoms with E-state index in [1.807, 2.05) is 6.07 Å². The SMILES string of the molecule is CC1(C)OB(c2ccc(N3CCN(C4COC4)CC3)c(Cl)c2)OC1(C)C. The minimum Gasteiger partial charge on any atom is -0.399 e. The van der Waals surface area contributed by atoms with Gasteiger partial charge in [-0.2, -0.15) is 0 Å². The lowest BCUT2D eigenvalue weighted by molar-refractivity contribution is -0.0660. The molecule has 7 heteroatoms. The standard InChI is InChI=1S/C19H28BClN2O3/c1-18(2)19(3,4)26-20(25-18)14-5-6-17(16(21)11-14)23-9-7-22(8-10-23)15-12-24-13-15/h5-6,11,15H,7-10,12-13H2,1-4H3. The summed E-state index contributed by atoms with van der Waals surface area (Å²) in [5.74, 6) is 0. The van der Waals surface area contributed by atoms with Crippen LogP contribution in [0.2, 0.25) is 5.02 Å². The fourth-order valence-corrected chi connectivity index (χ4v) is 3.98. The fourth-order valence-electron chi connectivity index (χ4n) is 3.67. The second-order valence-corrected chi connectivity index (χ2v) is 8.92. The van der Waals surface area contributed by atoms with Crippen molar-refractivity contribution in [2.24, 2.45) is 0 Å². The number of hydrogen-bond acceptors (Lipinski definition) is 5. The van der Waals surface area contributed by atoms with Crippen molar-refractivity contribution in [3.05, 3.63) is 23.2 Å². The number of halogens is 1. The van der Waals surface area contributed by atoms with Gasteiger partial charge in [-0.3, -0.25) is 4.90 Å². The molecule has 0 aromatic heterocycles. The Labute approximate surface area is 161 Å².